The fourth-order valence-electron chi connectivity index (χ4n) is 1.64. The van der Waals surface area contributed by atoms with E-state index in [1.54, 1.807) is 42.1 Å². The van der Waals surface area contributed by atoms with Gasteiger partial charge in [0, 0.05) is 0 Å². The summed E-state index contributed by atoms with van der Waals surface area (Å²) in [6.45, 7) is 1.98. The van der Waals surface area contributed by atoms with Gasteiger partial charge in [0.2, 0.25) is 0 Å². The third-order valence-corrected chi connectivity index (χ3v) is 3.67. The number of benzene rings is 1. The third kappa shape index (κ3) is 5.22. The van der Waals surface area contributed by atoms with E-state index in [1.165, 1.54) is 0 Å². The van der Waals surface area contributed by atoms with Gasteiger partial charge in [0.05, 0.1) is 0 Å². The van der Waals surface area contributed by atoms with E-state index in [9.17, 15) is 14.7 Å². The van der Waals surface area contributed by atoms with Crippen LogP contribution in [0.3, 0.4) is 0 Å². The van der Waals surface area contributed by atoms with Crippen molar-refractivity contribution in [1.82, 2.24) is 5.32 Å². The summed E-state index contributed by atoms with van der Waals surface area (Å²) in [5.41, 5.74) is 0.442. The van der Waals surface area contributed by atoms with Crippen molar-refractivity contribution in [1.29, 1.82) is 0 Å². The number of amides is 1. The number of thioether (sulfide) groups is 1. The van der Waals surface area contributed by atoms with E-state index in [1.807, 2.05) is 6.92 Å². The molecular formula is C14H19NO4S. The Bertz CT molecular complexity index is 438. The molecule has 5 nitrogen and oxygen atoms in total. The minimum absolute atomic E-state index is 0.334. The van der Waals surface area contributed by atoms with Crippen LogP contribution in [0.5, 0.6) is 0 Å². The van der Waals surface area contributed by atoms with Crippen LogP contribution < -0.4 is 5.32 Å². The molecule has 0 fully saturated rings. The van der Waals surface area contributed by atoms with Gasteiger partial charge in [-0.15, -0.1) is 0 Å². The van der Waals surface area contributed by atoms with Crippen LogP contribution in [-0.2, 0) is 9.59 Å². The SMILES string of the molecule is CCSCCC(NC(=O)C(O)c1ccccc1)C(=O)O. The van der Waals surface area contributed by atoms with E-state index >= 15 is 0 Å². The second kappa shape index (κ2) is 8.60. The fourth-order valence-corrected chi connectivity index (χ4v) is 2.33. The molecule has 0 saturated heterocycles. The van der Waals surface area contributed by atoms with E-state index in [0.717, 1.165) is 5.75 Å². The van der Waals surface area contributed by atoms with Gasteiger partial charge in [-0.2, -0.15) is 11.8 Å². The first-order chi connectivity index (χ1) is 9.56. The number of hydrogen-bond donors (Lipinski definition) is 3. The zero-order valence-corrected chi connectivity index (χ0v) is 12.1. The molecule has 110 valence electrons. The highest BCUT2D eigenvalue weighted by Gasteiger charge is 2.24. The van der Waals surface area contributed by atoms with Crippen LogP contribution in [0.4, 0.5) is 0 Å². The quantitative estimate of drug-likeness (QED) is 0.632. The van der Waals surface area contributed by atoms with Gasteiger partial charge in [0.15, 0.2) is 6.10 Å². The molecule has 0 aromatic heterocycles. The average molecular weight is 297 g/mol. The summed E-state index contributed by atoms with van der Waals surface area (Å²) in [6.07, 6.45) is -1.02. The first-order valence-electron chi connectivity index (χ1n) is 6.40. The second-order valence-electron chi connectivity index (χ2n) is 4.20. The van der Waals surface area contributed by atoms with Crippen molar-refractivity contribution in [2.75, 3.05) is 11.5 Å². The Morgan fingerprint density at radius 1 is 1.30 bits per heavy atom. The van der Waals surface area contributed by atoms with Crippen molar-refractivity contribution in [3.8, 4) is 0 Å². The predicted molar refractivity (Wildman–Crippen MR) is 78.6 cm³/mol. The minimum atomic E-state index is -1.35. The molecule has 3 N–H and O–H groups in total. The van der Waals surface area contributed by atoms with Crippen LogP contribution in [-0.4, -0.2) is 39.6 Å². The van der Waals surface area contributed by atoms with Crippen LogP contribution in [0.25, 0.3) is 0 Å². The van der Waals surface area contributed by atoms with E-state index in [2.05, 4.69) is 5.32 Å². The lowest BCUT2D eigenvalue weighted by Gasteiger charge is -2.17. The van der Waals surface area contributed by atoms with E-state index < -0.39 is 24.0 Å². The van der Waals surface area contributed by atoms with Gasteiger partial charge in [-0.05, 0) is 23.5 Å². The predicted octanol–water partition coefficient (Wildman–Crippen LogP) is 1.43. The van der Waals surface area contributed by atoms with Crippen molar-refractivity contribution in [3.05, 3.63) is 35.9 Å². The first kappa shape index (κ1) is 16.5. The highest BCUT2D eigenvalue weighted by Crippen LogP contribution is 2.13. The Morgan fingerprint density at radius 3 is 2.50 bits per heavy atom. The van der Waals surface area contributed by atoms with E-state index in [0.29, 0.717) is 17.7 Å². The molecular weight excluding hydrogens is 278 g/mol. The molecule has 1 aromatic rings. The van der Waals surface area contributed by atoms with Crippen LogP contribution in [0.2, 0.25) is 0 Å². The van der Waals surface area contributed by atoms with Crippen molar-refractivity contribution in [3.63, 3.8) is 0 Å². The zero-order valence-electron chi connectivity index (χ0n) is 11.3. The molecule has 6 heteroatoms. The van der Waals surface area contributed by atoms with E-state index in [-0.39, 0.29) is 0 Å². The van der Waals surface area contributed by atoms with Gasteiger partial charge < -0.3 is 15.5 Å². The van der Waals surface area contributed by atoms with Crippen LogP contribution in [0, 0.1) is 0 Å². The number of carboxylic acids is 1. The molecule has 1 rings (SSSR count). The molecule has 0 bridgehead atoms. The Kier molecular flexibility index (Phi) is 7.11. The number of carbonyl (C=O) groups excluding carboxylic acids is 1. The third-order valence-electron chi connectivity index (χ3n) is 2.73. The van der Waals surface area contributed by atoms with Gasteiger partial charge in [0.25, 0.3) is 5.91 Å². The monoisotopic (exact) mass is 297 g/mol. The van der Waals surface area contributed by atoms with Gasteiger partial charge in [-0.25, -0.2) is 4.79 Å². The molecule has 20 heavy (non-hydrogen) atoms. The zero-order chi connectivity index (χ0) is 15.0. The number of aliphatic hydroxyl groups is 1. The molecule has 1 aromatic carbocycles. The van der Waals surface area contributed by atoms with Gasteiger partial charge in [-0.1, -0.05) is 37.3 Å². The summed E-state index contributed by atoms with van der Waals surface area (Å²) in [5.74, 6) is -0.234. The molecule has 0 radical (unpaired) electrons. The Balaban J connectivity index is 2.59. The standard InChI is InChI=1S/C14H19NO4S/c1-2-20-9-8-11(14(18)19)15-13(17)12(16)10-6-4-3-5-7-10/h3-7,11-12,16H,2,8-9H2,1H3,(H,15,17)(H,18,19). The fraction of sp³-hybridized carbons (Fsp3) is 0.429. The van der Waals surface area contributed by atoms with E-state index in [4.69, 9.17) is 5.11 Å². The maximum Gasteiger partial charge on any atom is 0.326 e. The Hall–Kier alpha value is -1.53. The average Bonchev–Trinajstić information content (AvgIpc) is 2.46. The normalized spacial score (nSPS) is 13.5. The van der Waals surface area contributed by atoms with Gasteiger partial charge >= 0.3 is 5.97 Å². The lowest BCUT2D eigenvalue weighted by Crippen LogP contribution is -2.43. The first-order valence-corrected chi connectivity index (χ1v) is 7.55. The van der Waals surface area contributed by atoms with Crippen LogP contribution >= 0.6 is 11.8 Å². The summed E-state index contributed by atoms with van der Waals surface area (Å²) in [4.78, 5) is 22.9. The topological polar surface area (TPSA) is 86.6 Å². The number of nitrogens with one attached hydrogen (secondary N) is 1. The summed E-state index contributed by atoms with van der Waals surface area (Å²) >= 11 is 1.61. The lowest BCUT2D eigenvalue weighted by molar-refractivity contribution is -0.143. The maximum absolute atomic E-state index is 11.9. The van der Waals surface area contributed by atoms with Gasteiger partial charge in [-0.3, -0.25) is 4.79 Å². The van der Waals surface area contributed by atoms with Crippen molar-refractivity contribution >= 4 is 23.6 Å². The molecule has 0 aliphatic carbocycles. The largest absolute Gasteiger partial charge is 0.480 e. The van der Waals surface area contributed by atoms with Gasteiger partial charge in [0.1, 0.15) is 6.04 Å². The molecule has 2 unspecified atom stereocenters. The van der Waals surface area contributed by atoms with Crippen molar-refractivity contribution in [2.24, 2.45) is 0 Å². The number of carbonyl (C=O) groups is 2. The second-order valence-corrected chi connectivity index (χ2v) is 5.59. The molecule has 1 amide bonds. The number of hydrogen-bond acceptors (Lipinski definition) is 4. The van der Waals surface area contributed by atoms with Crippen molar-refractivity contribution < 1.29 is 19.8 Å². The van der Waals surface area contributed by atoms with Crippen molar-refractivity contribution in [2.45, 2.75) is 25.5 Å². The molecule has 0 aliphatic heterocycles. The minimum Gasteiger partial charge on any atom is -0.480 e. The Morgan fingerprint density at radius 2 is 1.95 bits per heavy atom. The molecule has 0 aliphatic rings. The summed E-state index contributed by atoms with van der Waals surface area (Å²) in [5, 5.41) is 21.3. The molecule has 0 heterocycles. The van der Waals surface area contributed by atoms with Crippen LogP contribution in [0.1, 0.15) is 25.0 Å². The molecule has 0 spiro atoms. The number of rotatable bonds is 8. The number of aliphatic carboxylic acids is 1. The molecule has 0 saturated carbocycles. The Labute approximate surface area is 122 Å². The highest BCUT2D eigenvalue weighted by molar-refractivity contribution is 7.99. The summed E-state index contributed by atoms with van der Waals surface area (Å²) < 4.78 is 0. The smallest absolute Gasteiger partial charge is 0.326 e. The summed E-state index contributed by atoms with van der Waals surface area (Å²) in [6, 6.07) is 7.45. The number of aliphatic hydroxyl groups excluding tert-OH is 1. The summed E-state index contributed by atoms with van der Waals surface area (Å²) in [7, 11) is 0. The highest BCUT2D eigenvalue weighted by atomic mass is 32.2. The van der Waals surface area contributed by atoms with Crippen LogP contribution in [0.15, 0.2) is 30.3 Å². The molecule has 2 atom stereocenters. The lowest BCUT2D eigenvalue weighted by atomic mass is 10.1. The number of carboxylic acid groups (broad SMARTS) is 1. The maximum atomic E-state index is 11.9.